The molecule has 0 aliphatic rings. The molecule has 2 nitrogen and oxygen atoms in total. The summed E-state index contributed by atoms with van der Waals surface area (Å²) >= 11 is 0. The van der Waals surface area contributed by atoms with Gasteiger partial charge in [0.05, 0.1) is 5.56 Å². The summed E-state index contributed by atoms with van der Waals surface area (Å²) in [5.74, 6) is -8.90. The Morgan fingerprint density at radius 1 is 0.692 bits per heavy atom. The quantitative estimate of drug-likeness (QED) is 0.136. The van der Waals surface area contributed by atoms with Crippen LogP contribution < -0.4 is 4.74 Å². The van der Waals surface area contributed by atoms with Crippen molar-refractivity contribution in [3.05, 3.63) is 113 Å². The number of rotatable bonds is 6. The van der Waals surface area contributed by atoms with Crippen molar-refractivity contribution < 1.29 is 44.7 Å². The Morgan fingerprint density at radius 2 is 1.23 bits per heavy atom. The highest BCUT2D eigenvalue weighted by atomic mass is 19.4. The fraction of sp³-hybridized carbons (Fsp3) is 0.138. The molecule has 0 radical (unpaired) electrons. The van der Waals surface area contributed by atoms with Crippen LogP contribution in [0.5, 0.6) is 5.75 Å². The van der Waals surface area contributed by atoms with Crippen molar-refractivity contribution >= 4 is 5.97 Å². The zero-order valence-electron chi connectivity index (χ0n) is 20.1. The number of carbonyl (C=O) groups excluding carboxylic acids is 1. The number of aryl methyl sites for hydroxylation is 1. The summed E-state index contributed by atoms with van der Waals surface area (Å²) in [7, 11) is 0. The van der Waals surface area contributed by atoms with Crippen molar-refractivity contribution in [1.29, 1.82) is 0 Å². The lowest BCUT2D eigenvalue weighted by Gasteiger charge is -2.12. The van der Waals surface area contributed by atoms with Crippen molar-refractivity contribution in [3.8, 4) is 28.0 Å². The molecule has 0 spiro atoms. The number of halogens is 8. The standard InChI is InChI=1S/C29H18F8O2/c1-2-3-15-4-7-19(22(30)10-15)16-5-8-20(23(31)11-16)17-6-9-21(24(32)12-17)28(38)39-18-13-25(33)27(26(34)14-18)29(35,36)37/h4-14H,2-3H2,1H3. The van der Waals surface area contributed by atoms with Crippen LogP contribution in [0.1, 0.15) is 34.8 Å². The van der Waals surface area contributed by atoms with E-state index in [1.54, 1.807) is 12.1 Å². The van der Waals surface area contributed by atoms with Gasteiger partial charge in [0.15, 0.2) is 0 Å². The molecule has 0 fully saturated rings. The number of ether oxygens (including phenoxy) is 1. The van der Waals surface area contributed by atoms with Gasteiger partial charge in [-0.3, -0.25) is 0 Å². The van der Waals surface area contributed by atoms with Gasteiger partial charge in [-0.2, -0.15) is 13.2 Å². The lowest BCUT2D eigenvalue weighted by Crippen LogP contribution is -2.14. The summed E-state index contributed by atoms with van der Waals surface area (Å²) in [6.07, 6.45) is -3.79. The average molecular weight is 550 g/mol. The number of hydrogen-bond donors (Lipinski definition) is 0. The molecule has 0 saturated heterocycles. The van der Waals surface area contributed by atoms with Gasteiger partial charge >= 0.3 is 12.1 Å². The first-order valence-electron chi connectivity index (χ1n) is 11.6. The van der Waals surface area contributed by atoms with Gasteiger partial charge in [-0.1, -0.05) is 43.7 Å². The van der Waals surface area contributed by atoms with Gasteiger partial charge in [0.25, 0.3) is 0 Å². The molecule has 0 unspecified atom stereocenters. The first kappa shape index (κ1) is 27.8. The average Bonchev–Trinajstić information content (AvgIpc) is 2.83. The molecular weight excluding hydrogens is 532 g/mol. The summed E-state index contributed by atoms with van der Waals surface area (Å²) in [6.45, 7) is 1.96. The van der Waals surface area contributed by atoms with Crippen LogP contribution in [0.3, 0.4) is 0 Å². The van der Waals surface area contributed by atoms with E-state index in [4.69, 9.17) is 0 Å². The van der Waals surface area contributed by atoms with Crippen molar-refractivity contribution in [1.82, 2.24) is 0 Å². The number of benzene rings is 4. The van der Waals surface area contributed by atoms with E-state index in [0.29, 0.717) is 6.42 Å². The first-order valence-corrected chi connectivity index (χ1v) is 11.6. The third kappa shape index (κ3) is 5.94. The van der Waals surface area contributed by atoms with Crippen LogP contribution in [0, 0.1) is 29.1 Å². The maximum atomic E-state index is 14.9. The van der Waals surface area contributed by atoms with E-state index in [2.05, 4.69) is 4.74 Å². The van der Waals surface area contributed by atoms with Crippen LogP contribution in [0.25, 0.3) is 22.3 Å². The summed E-state index contributed by atoms with van der Waals surface area (Å²) in [4.78, 5) is 12.3. The highest BCUT2D eigenvalue weighted by molar-refractivity contribution is 5.92. The van der Waals surface area contributed by atoms with Crippen molar-refractivity contribution in [2.24, 2.45) is 0 Å². The van der Waals surface area contributed by atoms with E-state index in [9.17, 15) is 39.9 Å². The van der Waals surface area contributed by atoms with Crippen LogP contribution in [-0.4, -0.2) is 5.97 Å². The highest BCUT2D eigenvalue weighted by Crippen LogP contribution is 2.36. The molecule has 10 heteroatoms. The summed E-state index contributed by atoms with van der Waals surface area (Å²) in [5.41, 5.74) is -1.69. The Labute approximate surface area is 217 Å². The Bertz CT molecular complexity index is 1540. The Hall–Kier alpha value is -4.21. The topological polar surface area (TPSA) is 26.3 Å². The molecule has 202 valence electrons. The van der Waals surface area contributed by atoms with Crippen molar-refractivity contribution in [3.63, 3.8) is 0 Å². The second kappa shape index (κ2) is 10.9. The molecule has 39 heavy (non-hydrogen) atoms. The monoisotopic (exact) mass is 550 g/mol. The summed E-state index contributed by atoms with van der Waals surface area (Å²) in [5, 5.41) is 0. The molecule has 0 aromatic heterocycles. The second-order valence-electron chi connectivity index (χ2n) is 8.60. The van der Waals surface area contributed by atoms with Crippen LogP contribution in [0.15, 0.2) is 66.7 Å². The van der Waals surface area contributed by atoms with Gasteiger partial charge in [-0.05, 0) is 47.4 Å². The Balaban J connectivity index is 1.56. The van der Waals surface area contributed by atoms with E-state index >= 15 is 0 Å². The minimum atomic E-state index is -5.32. The lowest BCUT2D eigenvalue weighted by atomic mass is 9.97. The molecule has 0 N–H and O–H groups in total. The zero-order chi connectivity index (χ0) is 28.5. The third-order valence-corrected chi connectivity index (χ3v) is 5.86. The molecule has 0 aliphatic carbocycles. The molecule has 4 aromatic rings. The van der Waals surface area contributed by atoms with Gasteiger partial charge < -0.3 is 4.74 Å². The molecule has 0 aliphatic heterocycles. The maximum absolute atomic E-state index is 14.9. The van der Waals surface area contributed by atoms with E-state index in [1.165, 1.54) is 24.3 Å². The van der Waals surface area contributed by atoms with Crippen molar-refractivity contribution in [2.45, 2.75) is 25.9 Å². The molecule has 0 atom stereocenters. The van der Waals surface area contributed by atoms with Crippen LogP contribution >= 0.6 is 0 Å². The first-order chi connectivity index (χ1) is 18.4. The van der Waals surface area contributed by atoms with Crippen LogP contribution in [0.4, 0.5) is 35.1 Å². The summed E-state index contributed by atoms with van der Waals surface area (Å²) in [6, 6.07) is 11.7. The predicted molar refractivity (Wildman–Crippen MR) is 128 cm³/mol. The van der Waals surface area contributed by atoms with Gasteiger partial charge in [-0.25, -0.2) is 26.7 Å². The van der Waals surface area contributed by atoms with Crippen molar-refractivity contribution in [2.75, 3.05) is 0 Å². The molecule has 0 heterocycles. The van der Waals surface area contributed by atoms with Gasteiger partial charge in [0, 0.05) is 23.3 Å². The SMILES string of the molecule is CCCc1ccc(-c2ccc(-c3ccc(C(=O)Oc4cc(F)c(C(F)(F)F)c(F)c4)c(F)c3)c(F)c2)c(F)c1. The molecule has 0 saturated carbocycles. The number of carbonyl (C=O) groups is 1. The van der Waals surface area contributed by atoms with Gasteiger partial charge in [-0.15, -0.1) is 0 Å². The summed E-state index contributed by atoms with van der Waals surface area (Å²) < 4.78 is 114. The maximum Gasteiger partial charge on any atom is 0.422 e. The normalized spacial score (nSPS) is 11.5. The number of hydrogen-bond acceptors (Lipinski definition) is 2. The van der Waals surface area contributed by atoms with E-state index in [1.807, 2.05) is 6.92 Å². The van der Waals surface area contributed by atoms with Gasteiger partial charge in [0.2, 0.25) is 0 Å². The minimum Gasteiger partial charge on any atom is -0.423 e. The molecule has 4 rings (SSSR count). The fourth-order valence-corrected chi connectivity index (χ4v) is 4.04. The second-order valence-corrected chi connectivity index (χ2v) is 8.60. The Kier molecular flexibility index (Phi) is 7.76. The van der Waals surface area contributed by atoms with E-state index in [-0.39, 0.29) is 34.4 Å². The molecule has 0 amide bonds. The lowest BCUT2D eigenvalue weighted by molar-refractivity contribution is -0.142. The van der Waals surface area contributed by atoms with Crippen LogP contribution in [0.2, 0.25) is 0 Å². The van der Waals surface area contributed by atoms with Gasteiger partial charge in [0.1, 0.15) is 40.4 Å². The molecule has 0 bridgehead atoms. The van der Waals surface area contributed by atoms with E-state index < -0.39 is 58.1 Å². The largest absolute Gasteiger partial charge is 0.423 e. The third-order valence-electron chi connectivity index (χ3n) is 5.86. The Morgan fingerprint density at radius 3 is 1.74 bits per heavy atom. The minimum absolute atomic E-state index is 0.0125. The predicted octanol–water partition coefficient (Wildman–Crippen LogP) is 8.91. The highest BCUT2D eigenvalue weighted by Gasteiger charge is 2.38. The smallest absolute Gasteiger partial charge is 0.422 e. The van der Waals surface area contributed by atoms with E-state index in [0.717, 1.165) is 30.2 Å². The van der Waals surface area contributed by atoms with Crippen LogP contribution in [-0.2, 0) is 12.6 Å². The zero-order valence-corrected chi connectivity index (χ0v) is 20.1. The fourth-order valence-electron chi connectivity index (χ4n) is 4.04. The molecule has 4 aromatic carbocycles. The number of esters is 1. The molecular formula is C29H18F8O2. The number of alkyl halides is 3.